The van der Waals surface area contributed by atoms with E-state index >= 15 is 0 Å². The number of nitrogens with zero attached hydrogens (tertiary/aromatic N) is 1. The first-order chi connectivity index (χ1) is 7.59. The van der Waals surface area contributed by atoms with E-state index in [-0.39, 0.29) is 12.0 Å². The van der Waals surface area contributed by atoms with Gasteiger partial charge in [-0.1, -0.05) is 0 Å². The molecular formula is C11H22N2O2S. The normalized spacial score (nSPS) is 22.8. The standard InChI is InChI=1S/C11H22N2O2S/c1-9(14)3-5-13(2)11(15)7-10-8-16-6-4-12-10/h9-10,12,14H,3-8H2,1-2H3. The fraction of sp³-hybridized carbons (Fsp3) is 0.909. The summed E-state index contributed by atoms with van der Waals surface area (Å²) in [5, 5.41) is 12.5. The van der Waals surface area contributed by atoms with Crippen LogP contribution in [0, 0.1) is 0 Å². The number of aliphatic hydroxyl groups is 1. The van der Waals surface area contributed by atoms with Crippen molar-refractivity contribution in [2.45, 2.75) is 31.9 Å². The Kier molecular flexibility index (Phi) is 6.16. The van der Waals surface area contributed by atoms with Crippen LogP contribution in [0.4, 0.5) is 0 Å². The van der Waals surface area contributed by atoms with Crippen molar-refractivity contribution in [2.75, 3.05) is 31.6 Å². The molecule has 1 saturated heterocycles. The van der Waals surface area contributed by atoms with Gasteiger partial charge in [-0.15, -0.1) is 0 Å². The Bertz CT molecular complexity index is 218. The van der Waals surface area contributed by atoms with Gasteiger partial charge >= 0.3 is 0 Å². The van der Waals surface area contributed by atoms with Crippen molar-refractivity contribution >= 4 is 17.7 Å². The number of aliphatic hydroxyl groups excluding tert-OH is 1. The molecule has 1 rings (SSSR count). The van der Waals surface area contributed by atoms with E-state index < -0.39 is 0 Å². The van der Waals surface area contributed by atoms with Crippen LogP contribution >= 0.6 is 11.8 Å². The van der Waals surface area contributed by atoms with Crippen molar-refractivity contribution in [1.29, 1.82) is 0 Å². The van der Waals surface area contributed by atoms with Gasteiger partial charge in [0, 0.05) is 44.1 Å². The Labute approximate surface area is 102 Å². The van der Waals surface area contributed by atoms with E-state index in [1.54, 1.807) is 18.9 Å². The number of amides is 1. The molecule has 0 aromatic rings. The minimum Gasteiger partial charge on any atom is -0.393 e. The van der Waals surface area contributed by atoms with E-state index in [2.05, 4.69) is 5.32 Å². The van der Waals surface area contributed by atoms with Crippen LogP contribution < -0.4 is 5.32 Å². The molecule has 0 bridgehead atoms. The molecule has 0 aliphatic carbocycles. The quantitative estimate of drug-likeness (QED) is 0.733. The molecule has 4 nitrogen and oxygen atoms in total. The Balaban J connectivity index is 2.22. The lowest BCUT2D eigenvalue weighted by Crippen LogP contribution is -2.42. The largest absolute Gasteiger partial charge is 0.393 e. The predicted molar refractivity (Wildman–Crippen MR) is 67.7 cm³/mol. The minimum absolute atomic E-state index is 0.167. The van der Waals surface area contributed by atoms with E-state index in [1.165, 1.54) is 0 Å². The molecule has 1 aliphatic heterocycles. The van der Waals surface area contributed by atoms with Gasteiger partial charge in [0.1, 0.15) is 0 Å². The molecule has 94 valence electrons. The molecule has 2 atom stereocenters. The van der Waals surface area contributed by atoms with Crippen molar-refractivity contribution in [3.05, 3.63) is 0 Å². The second kappa shape index (κ2) is 7.14. The second-order valence-electron chi connectivity index (χ2n) is 4.38. The number of hydrogen-bond donors (Lipinski definition) is 2. The maximum absolute atomic E-state index is 11.8. The predicted octanol–water partition coefficient (Wildman–Crippen LogP) is 0.311. The summed E-state index contributed by atoms with van der Waals surface area (Å²) >= 11 is 1.90. The highest BCUT2D eigenvalue weighted by Gasteiger charge is 2.18. The number of nitrogens with one attached hydrogen (secondary N) is 1. The van der Waals surface area contributed by atoms with Crippen LogP contribution in [0.15, 0.2) is 0 Å². The SMILES string of the molecule is CC(O)CCN(C)C(=O)CC1CSCCN1. The van der Waals surface area contributed by atoms with Crippen LogP contribution in [-0.2, 0) is 4.79 Å². The van der Waals surface area contributed by atoms with Crippen LogP contribution in [0.25, 0.3) is 0 Å². The lowest BCUT2D eigenvalue weighted by atomic mass is 10.2. The van der Waals surface area contributed by atoms with E-state index in [0.717, 1.165) is 18.1 Å². The minimum atomic E-state index is -0.335. The Morgan fingerprint density at radius 1 is 1.69 bits per heavy atom. The molecule has 1 amide bonds. The molecule has 0 saturated carbocycles. The van der Waals surface area contributed by atoms with Gasteiger partial charge in [0.05, 0.1) is 6.10 Å². The molecule has 2 unspecified atom stereocenters. The van der Waals surface area contributed by atoms with Gasteiger partial charge in [-0.3, -0.25) is 4.79 Å². The third kappa shape index (κ3) is 5.18. The zero-order valence-corrected chi connectivity index (χ0v) is 10.9. The van der Waals surface area contributed by atoms with Crippen LogP contribution in [0.3, 0.4) is 0 Å². The molecule has 0 aromatic heterocycles. The highest BCUT2D eigenvalue weighted by molar-refractivity contribution is 7.99. The summed E-state index contributed by atoms with van der Waals surface area (Å²) < 4.78 is 0. The summed E-state index contributed by atoms with van der Waals surface area (Å²) in [7, 11) is 1.81. The van der Waals surface area contributed by atoms with Crippen LogP contribution in [0.5, 0.6) is 0 Å². The van der Waals surface area contributed by atoms with E-state index in [9.17, 15) is 4.79 Å². The summed E-state index contributed by atoms with van der Waals surface area (Å²) in [5.41, 5.74) is 0. The van der Waals surface area contributed by atoms with Crippen molar-refractivity contribution in [1.82, 2.24) is 10.2 Å². The Morgan fingerprint density at radius 3 is 3.00 bits per heavy atom. The van der Waals surface area contributed by atoms with E-state index in [0.29, 0.717) is 25.4 Å². The monoisotopic (exact) mass is 246 g/mol. The molecule has 0 aromatic carbocycles. The molecule has 5 heteroatoms. The topological polar surface area (TPSA) is 52.6 Å². The van der Waals surface area contributed by atoms with Gasteiger partial charge < -0.3 is 15.3 Å². The number of rotatable bonds is 5. The lowest BCUT2D eigenvalue weighted by molar-refractivity contribution is -0.130. The average molecular weight is 246 g/mol. The smallest absolute Gasteiger partial charge is 0.223 e. The lowest BCUT2D eigenvalue weighted by Gasteiger charge is -2.25. The number of carbonyl (C=O) groups excluding carboxylic acids is 1. The van der Waals surface area contributed by atoms with Gasteiger partial charge in [-0.2, -0.15) is 11.8 Å². The van der Waals surface area contributed by atoms with Gasteiger partial charge in [-0.05, 0) is 13.3 Å². The van der Waals surface area contributed by atoms with Crippen LogP contribution in [0.2, 0.25) is 0 Å². The summed E-state index contributed by atoms with van der Waals surface area (Å²) in [4.78, 5) is 13.5. The van der Waals surface area contributed by atoms with Crippen molar-refractivity contribution in [3.63, 3.8) is 0 Å². The first-order valence-corrected chi connectivity index (χ1v) is 6.98. The second-order valence-corrected chi connectivity index (χ2v) is 5.53. The molecule has 1 heterocycles. The number of thioether (sulfide) groups is 1. The number of hydrogen-bond acceptors (Lipinski definition) is 4. The fourth-order valence-electron chi connectivity index (χ4n) is 1.62. The summed E-state index contributed by atoms with van der Waals surface area (Å²) in [6, 6.07) is 0.320. The van der Waals surface area contributed by atoms with E-state index in [4.69, 9.17) is 5.11 Å². The highest BCUT2D eigenvalue weighted by atomic mass is 32.2. The number of carbonyl (C=O) groups is 1. The summed E-state index contributed by atoms with van der Waals surface area (Å²) in [6.45, 7) is 3.38. The molecule has 1 fully saturated rings. The molecule has 0 radical (unpaired) electrons. The average Bonchev–Trinajstić information content (AvgIpc) is 2.27. The first-order valence-electron chi connectivity index (χ1n) is 5.82. The van der Waals surface area contributed by atoms with Gasteiger partial charge in [0.2, 0.25) is 5.91 Å². The fourth-order valence-corrected chi connectivity index (χ4v) is 2.57. The Hall–Kier alpha value is -0.260. The maximum Gasteiger partial charge on any atom is 0.223 e. The van der Waals surface area contributed by atoms with Crippen LogP contribution in [0.1, 0.15) is 19.8 Å². The zero-order chi connectivity index (χ0) is 12.0. The summed E-state index contributed by atoms with van der Waals surface area (Å²) in [5.74, 6) is 2.33. The first kappa shape index (κ1) is 13.8. The van der Waals surface area contributed by atoms with Crippen molar-refractivity contribution in [3.8, 4) is 0 Å². The molecule has 1 aliphatic rings. The van der Waals surface area contributed by atoms with Gasteiger partial charge in [0.25, 0.3) is 0 Å². The Morgan fingerprint density at radius 2 is 2.44 bits per heavy atom. The zero-order valence-electron chi connectivity index (χ0n) is 10.1. The molecule has 0 spiro atoms. The third-order valence-corrected chi connectivity index (χ3v) is 3.86. The maximum atomic E-state index is 11.8. The third-order valence-electron chi connectivity index (χ3n) is 2.73. The molecular weight excluding hydrogens is 224 g/mol. The van der Waals surface area contributed by atoms with Crippen molar-refractivity contribution < 1.29 is 9.90 Å². The highest BCUT2D eigenvalue weighted by Crippen LogP contribution is 2.11. The van der Waals surface area contributed by atoms with Crippen molar-refractivity contribution in [2.24, 2.45) is 0 Å². The van der Waals surface area contributed by atoms with Gasteiger partial charge in [0.15, 0.2) is 0 Å². The molecule has 16 heavy (non-hydrogen) atoms. The van der Waals surface area contributed by atoms with Crippen LogP contribution in [-0.4, -0.2) is 59.7 Å². The summed E-state index contributed by atoms with van der Waals surface area (Å²) in [6.07, 6.45) is 0.886. The molecule has 2 N–H and O–H groups in total. The van der Waals surface area contributed by atoms with Gasteiger partial charge in [-0.25, -0.2) is 0 Å². The van der Waals surface area contributed by atoms with E-state index in [1.807, 2.05) is 11.8 Å².